The van der Waals surface area contributed by atoms with E-state index < -0.39 is 0 Å². The van der Waals surface area contributed by atoms with Crippen molar-refractivity contribution in [2.24, 2.45) is 0 Å². The molecule has 1 unspecified atom stereocenters. The molecule has 4 heteroatoms. The summed E-state index contributed by atoms with van der Waals surface area (Å²) < 4.78 is 0. The normalized spacial score (nSPS) is 47.5. The van der Waals surface area contributed by atoms with E-state index >= 15 is 0 Å². The van der Waals surface area contributed by atoms with Crippen LogP contribution in [-0.2, 0) is 4.79 Å². The first-order chi connectivity index (χ1) is 6.28. The van der Waals surface area contributed by atoms with Crippen LogP contribution in [-0.4, -0.2) is 40.7 Å². The van der Waals surface area contributed by atoms with Crippen molar-refractivity contribution in [2.45, 2.75) is 36.9 Å². The number of hydrogen-bond donors (Lipinski definition) is 2. The van der Waals surface area contributed by atoms with Crippen molar-refractivity contribution < 1.29 is 4.79 Å². The fraction of sp³-hybridized carbons (Fsp3) is 0.889. The van der Waals surface area contributed by atoms with Crippen LogP contribution in [0.15, 0.2) is 0 Å². The molecule has 2 saturated heterocycles. The van der Waals surface area contributed by atoms with E-state index in [1.54, 1.807) is 0 Å². The van der Waals surface area contributed by atoms with Crippen LogP contribution in [0.25, 0.3) is 0 Å². The third-order valence-corrected chi connectivity index (χ3v) is 4.09. The van der Waals surface area contributed by atoms with E-state index in [2.05, 4.69) is 22.8 Å². The standard InChI is InChI=1S/C9H14N2OS/c12-8-6(5-13)10-7-4-9(7)2-1-3-11(8)9/h6-7,10,13H,1-5H2/t6-,7+,9?/m0/s1. The summed E-state index contributed by atoms with van der Waals surface area (Å²) in [6, 6.07) is 0.548. The molecular weight excluding hydrogens is 184 g/mol. The van der Waals surface area contributed by atoms with Gasteiger partial charge in [-0.2, -0.15) is 12.6 Å². The van der Waals surface area contributed by atoms with Crippen molar-refractivity contribution in [3.8, 4) is 0 Å². The van der Waals surface area contributed by atoms with Crippen LogP contribution in [0.1, 0.15) is 19.3 Å². The Labute approximate surface area is 83.3 Å². The number of carbonyl (C=O) groups is 1. The van der Waals surface area contributed by atoms with E-state index in [0.29, 0.717) is 11.8 Å². The number of hydrogen-bond acceptors (Lipinski definition) is 3. The second-order valence-electron chi connectivity index (χ2n) is 4.36. The predicted molar refractivity (Wildman–Crippen MR) is 52.9 cm³/mol. The lowest BCUT2D eigenvalue weighted by Gasteiger charge is -2.34. The zero-order chi connectivity index (χ0) is 9.05. The number of piperazine rings is 1. The minimum absolute atomic E-state index is 0.0259. The van der Waals surface area contributed by atoms with Gasteiger partial charge in [0.15, 0.2) is 0 Å². The van der Waals surface area contributed by atoms with E-state index in [0.717, 1.165) is 6.54 Å². The molecule has 0 bridgehead atoms. The van der Waals surface area contributed by atoms with Gasteiger partial charge in [-0.05, 0) is 19.3 Å². The van der Waals surface area contributed by atoms with Crippen molar-refractivity contribution in [2.75, 3.05) is 12.3 Å². The molecule has 0 aromatic heterocycles. The molecule has 3 nitrogen and oxygen atoms in total. The molecule has 13 heavy (non-hydrogen) atoms. The van der Waals surface area contributed by atoms with Gasteiger partial charge < -0.3 is 4.90 Å². The van der Waals surface area contributed by atoms with E-state index in [9.17, 15) is 4.79 Å². The summed E-state index contributed by atoms with van der Waals surface area (Å²) in [7, 11) is 0. The molecule has 3 atom stereocenters. The lowest BCUT2D eigenvalue weighted by Crippen LogP contribution is -2.58. The zero-order valence-electron chi connectivity index (χ0n) is 7.49. The van der Waals surface area contributed by atoms with Crippen LogP contribution in [0.2, 0.25) is 0 Å². The fourth-order valence-electron chi connectivity index (χ4n) is 2.95. The number of nitrogens with one attached hydrogen (secondary N) is 1. The molecule has 1 saturated carbocycles. The summed E-state index contributed by atoms with van der Waals surface area (Å²) in [5, 5.41) is 3.38. The van der Waals surface area contributed by atoms with Crippen LogP contribution < -0.4 is 5.32 Å². The Hall–Kier alpha value is -0.220. The summed E-state index contributed by atoms with van der Waals surface area (Å²) in [5.41, 5.74) is 0.247. The van der Waals surface area contributed by atoms with Crippen molar-refractivity contribution in [1.82, 2.24) is 10.2 Å². The molecule has 2 aliphatic heterocycles. The van der Waals surface area contributed by atoms with Crippen molar-refractivity contribution >= 4 is 18.5 Å². The minimum atomic E-state index is -0.0259. The monoisotopic (exact) mass is 198 g/mol. The highest BCUT2D eigenvalue weighted by Gasteiger charge is 2.65. The van der Waals surface area contributed by atoms with Gasteiger partial charge in [0.2, 0.25) is 5.91 Å². The first kappa shape index (κ1) is 8.12. The van der Waals surface area contributed by atoms with E-state index in [1.807, 2.05) is 0 Å². The first-order valence-electron chi connectivity index (χ1n) is 4.96. The van der Waals surface area contributed by atoms with E-state index in [1.165, 1.54) is 19.3 Å². The van der Waals surface area contributed by atoms with Gasteiger partial charge in [0.25, 0.3) is 0 Å². The smallest absolute Gasteiger partial charge is 0.241 e. The lowest BCUT2D eigenvalue weighted by molar-refractivity contribution is -0.136. The maximum absolute atomic E-state index is 11.9. The Kier molecular flexibility index (Phi) is 1.51. The van der Waals surface area contributed by atoms with Crippen molar-refractivity contribution in [3.05, 3.63) is 0 Å². The first-order valence-corrected chi connectivity index (χ1v) is 5.59. The molecule has 0 aromatic rings. The SMILES string of the molecule is O=C1[C@H](CS)N[C@@H]2CC23CCCN13. The highest BCUT2D eigenvalue weighted by atomic mass is 32.1. The predicted octanol–water partition coefficient (Wildman–Crippen LogP) is 0.0215. The van der Waals surface area contributed by atoms with Gasteiger partial charge in [-0.25, -0.2) is 0 Å². The molecule has 1 aliphatic carbocycles. The van der Waals surface area contributed by atoms with Gasteiger partial charge in [-0.1, -0.05) is 0 Å². The molecule has 1 N–H and O–H groups in total. The molecular formula is C9H14N2OS. The van der Waals surface area contributed by atoms with Gasteiger partial charge in [0.1, 0.15) is 0 Å². The summed E-state index contributed by atoms with van der Waals surface area (Å²) in [6.07, 6.45) is 3.56. The Balaban J connectivity index is 1.90. The quantitative estimate of drug-likeness (QED) is 0.582. The van der Waals surface area contributed by atoms with Crippen molar-refractivity contribution in [3.63, 3.8) is 0 Å². The molecule has 0 aromatic carbocycles. The fourth-order valence-corrected chi connectivity index (χ4v) is 3.21. The molecule has 72 valence electrons. The molecule has 3 aliphatic rings. The van der Waals surface area contributed by atoms with Crippen LogP contribution in [0.5, 0.6) is 0 Å². The number of rotatable bonds is 1. The second kappa shape index (κ2) is 2.42. The number of amides is 1. The Bertz CT molecular complexity index is 270. The average molecular weight is 198 g/mol. The summed E-state index contributed by atoms with van der Waals surface area (Å²) in [6.45, 7) is 0.974. The third-order valence-electron chi connectivity index (χ3n) is 3.72. The number of nitrogens with zero attached hydrogens (tertiary/aromatic N) is 1. The molecule has 3 fully saturated rings. The van der Waals surface area contributed by atoms with Crippen LogP contribution in [0, 0.1) is 0 Å². The number of carbonyl (C=O) groups excluding carboxylic acids is 1. The Morgan fingerprint density at radius 3 is 3.31 bits per heavy atom. The highest BCUT2D eigenvalue weighted by molar-refractivity contribution is 7.80. The molecule has 0 radical (unpaired) electrons. The third kappa shape index (κ3) is 0.880. The van der Waals surface area contributed by atoms with Crippen LogP contribution in [0.4, 0.5) is 0 Å². The van der Waals surface area contributed by atoms with Gasteiger partial charge in [0, 0.05) is 18.3 Å². The van der Waals surface area contributed by atoms with Crippen molar-refractivity contribution in [1.29, 1.82) is 0 Å². The topological polar surface area (TPSA) is 32.3 Å². The molecule has 1 amide bonds. The molecule has 2 heterocycles. The van der Waals surface area contributed by atoms with Crippen LogP contribution >= 0.6 is 12.6 Å². The summed E-state index contributed by atoms with van der Waals surface area (Å²) >= 11 is 4.20. The summed E-state index contributed by atoms with van der Waals surface area (Å²) in [5.74, 6) is 0.906. The Morgan fingerprint density at radius 1 is 1.69 bits per heavy atom. The lowest BCUT2D eigenvalue weighted by atomic mass is 10.1. The largest absolute Gasteiger partial charge is 0.334 e. The minimum Gasteiger partial charge on any atom is -0.334 e. The Morgan fingerprint density at radius 2 is 2.54 bits per heavy atom. The summed E-state index contributed by atoms with van der Waals surface area (Å²) in [4.78, 5) is 14.0. The van der Waals surface area contributed by atoms with E-state index in [4.69, 9.17) is 0 Å². The zero-order valence-corrected chi connectivity index (χ0v) is 8.39. The molecule has 1 spiro atoms. The van der Waals surface area contributed by atoms with Gasteiger partial charge in [-0.15, -0.1) is 0 Å². The van der Waals surface area contributed by atoms with Crippen LogP contribution in [0.3, 0.4) is 0 Å². The van der Waals surface area contributed by atoms with Gasteiger partial charge >= 0.3 is 0 Å². The maximum Gasteiger partial charge on any atom is 0.241 e. The maximum atomic E-state index is 11.9. The number of thiol groups is 1. The van der Waals surface area contributed by atoms with Gasteiger partial charge in [0.05, 0.1) is 11.6 Å². The highest BCUT2D eigenvalue weighted by Crippen LogP contribution is 2.52. The average Bonchev–Trinajstić information content (AvgIpc) is 2.63. The molecule has 3 rings (SSSR count). The van der Waals surface area contributed by atoms with Gasteiger partial charge in [-0.3, -0.25) is 10.1 Å². The van der Waals surface area contributed by atoms with E-state index in [-0.39, 0.29) is 17.5 Å². The second-order valence-corrected chi connectivity index (χ2v) is 4.72.